The third kappa shape index (κ3) is 9.29. The molecule has 0 saturated heterocycles. The van der Waals surface area contributed by atoms with E-state index in [-0.39, 0.29) is 24.4 Å². The highest BCUT2D eigenvalue weighted by Gasteiger charge is 2.26. The Labute approximate surface area is 192 Å². The molecule has 1 aromatic rings. The van der Waals surface area contributed by atoms with Crippen molar-refractivity contribution in [3.05, 3.63) is 35.9 Å². The lowest BCUT2D eigenvalue weighted by Crippen LogP contribution is -2.55. The Morgan fingerprint density at radius 2 is 1.47 bits per heavy atom. The van der Waals surface area contributed by atoms with E-state index >= 15 is 0 Å². The van der Waals surface area contributed by atoms with Crippen LogP contribution in [0.4, 0.5) is 0 Å². The van der Waals surface area contributed by atoms with Crippen LogP contribution in [-0.4, -0.2) is 68.4 Å². The predicted octanol–water partition coefficient (Wildman–Crippen LogP) is 0.234. The number of hydrogen-bond acceptors (Lipinski definition) is 8. The third-order valence-corrected chi connectivity index (χ3v) is 4.72. The molecule has 3 N–H and O–H groups in total. The zero-order chi connectivity index (χ0) is 24.1. The van der Waals surface area contributed by atoms with Gasteiger partial charge in [-0.15, -0.1) is 0 Å². The summed E-state index contributed by atoms with van der Waals surface area (Å²) in [6, 6.07) is 6.56. The van der Waals surface area contributed by atoms with Crippen LogP contribution < -0.4 is 16.0 Å². The first-order valence-corrected chi connectivity index (χ1v) is 10.3. The number of methoxy groups -OCH3 is 3. The zero-order valence-corrected chi connectivity index (χ0v) is 19.3. The quantitative estimate of drug-likeness (QED) is 0.236. The fraction of sp³-hybridized carbons (Fsp3) is 0.476. The van der Waals surface area contributed by atoms with Crippen molar-refractivity contribution in [2.45, 2.75) is 44.3 Å². The minimum absolute atomic E-state index is 0.00518. The monoisotopic (exact) mass is 467 g/mol. The van der Waals surface area contributed by atoms with E-state index in [1.807, 2.05) is 30.3 Å². The molecular weight excluding hydrogens is 438 g/mol. The molecule has 0 fully saturated rings. The summed E-state index contributed by atoms with van der Waals surface area (Å²) >= 11 is 5.18. The molecule has 10 nitrogen and oxygen atoms in total. The van der Waals surface area contributed by atoms with Gasteiger partial charge < -0.3 is 30.2 Å². The topological polar surface area (TPSA) is 132 Å². The van der Waals surface area contributed by atoms with Crippen molar-refractivity contribution >= 4 is 41.1 Å². The zero-order valence-electron chi connectivity index (χ0n) is 18.5. The number of carbonyl (C=O) groups is 4. The molecule has 32 heavy (non-hydrogen) atoms. The molecule has 11 heteroatoms. The number of rotatable bonds is 11. The van der Waals surface area contributed by atoms with E-state index in [9.17, 15) is 19.2 Å². The first-order chi connectivity index (χ1) is 15.2. The van der Waals surface area contributed by atoms with Crippen molar-refractivity contribution in [2.75, 3.05) is 21.3 Å². The van der Waals surface area contributed by atoms with Crippen LogP contribution in [0, 0.1) is 0 Å². The van der Waals surface area contributed by atoms with Gasteiger partial charge in [0.2, 0.25) is 5.91 Å². The third-order valence-electron chi connectivity index (χ3n) is 4.48. The van der Waals surface area contributed by atoms with E-state index in [2.05, 4.69) is 20.7 Å². The molecule has 0 spiro atoms. The first-order valence-electron chi connectivity index (χ1n) is 9.85. The number of amides is 1. The number of thiocarbonyl (C=S) groups is 1. The Kier molecular flexibility index (Phi) is 11.7. The Morgan fingerprint density at radius 1 is 0.875 bits per heavy atom. The normalized spacial score (nSPS) is 13.0. The summed E-state index contributed by atoms with van der Waals surface area (Å²) in [4.78, 5) is 48.0. The lowest BCUT2D eigenvalue weighted by atomic mass is 10.1. The molecule has 0 heterocycles. The second-order valence-corrected chi connectivity index (χ2v) is 7.21. The van der Waals surface area contributed by atoms with Crippen LogP contribution in [0.1, 0.15) is 25.3 Å². The number of benzene rings is 1. The highest BCUT2D eigenvalue weighted by atomic mass is 32.1. The van der Waals surface area contributed by atoms with E-state index in [1.165, 1.54) is 21.3 Å². The van der Waals surface area contributed by atoms with Crippen molar-refractivity contribution in [2.24, 2.45) is 0 Å². The van der Waals surface area contributed by atoms with Gasteiger partial charge in [-0.05, 0) is 31.1 Å². The van der Waals surface area contributed by atoms with Crippen molar-refractivity contribution in [1.29, 1.82) is 0 Å². The van der Waals surface area contributed by atoms with Crippen LogP contribution in [-0.2, 0) is 39.8 Å². The van der Waals surface area contributed by atoms with Crippen LogP contribution in [0.5, 0.6) is 0 Å². The van der Waals surface area contributed by atoms with Gasteiger partial charge in [-0.3, -0.25) is 9.59 Å². The maximum atomic E-state index is 12.6. The molecule has 0 aliphatic heterocycles. The molecule has 176 valence electrons. The van der Waals surface area contributed by atoms with Crippen LogP contribution >= 0.6 is 12.2 Å². The Balaban J connectivity index is 2.70. The van der Waals surface area contributed by atoms with Gasteiger partial charge in [0.15, 0.2) is 5.11 Å². The van der Waals surface area contributed by atoms with Crippen molar-refractivity contribution in [3.8, 4) is 0 Å². The van der Waals surface area contributed by atoms with Crippen LogP contribution in [0.2, 0.25) is 0 Å². The van der Waals surface area contributed by atoms with Crippen LogP contribution in [0.25, 0.3) is 0 Å². The standard InChI is InChI=1S/C21H29N3O7S/c1-13(22-21(32)24-15(19(27)30-3)10-11-17(25)29-2)18(26)23-16(20(28)31-4)12-14-8-6-5-7-9-14/h5-9,13,15-16H,10-12H2,1-4H3,(H,23,26)(H2,22,24,32)/t13-,15+,16-/m0/s1. The Hall–Kier alpha value is -3.21. The van der Waals surface area contributed by atoms with E-state index in [0.29, 0.717) is 0 Å². The summed E-state index contributed by atoms with van der Waals surface area (Å²) in [7, 11) is 3.70. The summed E-state index contributed by atoms with van der Waals surface area (Å²) in [6.45, 7) is 1.54. The number of carbonyl (C=O) groups excluding carboxylic acids is 4. The first kappa shape index (κ1) is 26.8. The highest BCUT2D eigenvalue weighted by molar-refractivity contribution is 7.80. The Bertz CT molecular complexity index is 804. The molecule has 0 bridgehead atoms. The summed E-state index contributed by atoms with van der Waals surface area (Å²) in [5.41, 5.74) is 0.854. The average molecular weight is 468 g/mol. The smallest absolute Gasteiger partial charge is 0.328 e. The van der Waals surface area contributed by atoms with Crippen LogP contribution in [0.15, 0.2) is 30.3 Å². The molecule has 0 aliphatic carbocycles. The SMILES string of the molecule is COC(=O)CC[C@@H](NC(=S)N[C@@H](C)C(=O)N[C@@H](Cc1ccccc1)C(=O)OC)C(=O)OC. The van der Waals surface area contributed by atoms with Gasteiger partial charge in [-0.25, -0.2) is 9.59 Å². The fourth-order valence-electron chi connectivity index (χ4n) is 2.70. The summed E-state index contributed by atoms with van der Waals surface area (Å²) in [6.07, 6.45) is 0.318. The van der Waals surface area contributed by atoms with E-state index < -0.39 is 41.9 Å². The maximum absolute atomic E-state index is 12.6. The van der Waals surface area contributed by atoms with Gasteiger partial charge in [-0.2, -0.15) is 0 Å². The summed E-state index contributed by atoms with van der Waals surface area (Å²) in [5, 5.41) is 8.12. The molecule has 1 amide bonds. The van der Waals surface area contributed by atoms with Gasteiger partial charge in [0.1, 0.15) is 18.1 Å². The summed E-state index contributed by atoms with van der Waals surface area (Å²) < 4.78 is 14.1. The van der Waals surface area contributed by atoms with Crippen molar-refractivity contribution in [3.63, 3.8) is 0 Å². The average Bonchev–Trinajstić information content (AvgIpc) is 2.80. The highest BCUT2D eigenvalue weighted by Crippen LogP contribution is 2.05. The van der Waals surface area contributed by atoms with E-state index in [0.717, 1.165) is 5.56 Å². The number of nitrogens with one attached hydrogen (secondary N) is 3. The van der Waals surface area contributed by atoms with E-state index in [1.54, 1.807) is 6.92 Å². The maximum Gasteiger partial charge on any atom is 0.328 e. The van der Waals surface area contributed by atoms with Gasteiger partial charge in [-0.1, -0.05) is 30.3 Å². The molecule has 3 atom stereocenters. The molecule has 0 aromatic heterocycles. The molecule has 1 aromatic carbocycles. The molecule has 0 radical (unpaired) electrons. The summed E-state index contributed by atoms with van der Waals surface area (Å²) in [5.74, 6) is -2.18. The number of esters is 3. The molecular formula is C21H29N3O7S. The van der Waals surface area contributed by atoms with Crippen molar-refractivity contribution in [1.82, 2.24) is 16.0 Å². The van der Waals surface area contributed by atoms with Gasteiger partial charge in [0, 0.05) is 12.8 Å². The van der Waals surface area contributed by atoms with Gasteiger partial charge in [0.05, 0.1) is 21.3 Å². The Morgan fingerprint density at radius 3 is 2.03 bits per heavy atom. The van der Waals surface area contributed by atoms with E-state index in [4.69, 9.17) is 21.7 Å². The molecule has 1 rings (SSSR count). The van der Waals surface area contributed by atoms with Crippen LogP contribution in [0.3, 0.4) is 0 Å². The lowest BCUT2D eigenvalue weighted by Gasteiger charge is -2.23. The molecule has 0 saturated carbocycles. The minimum atomic E-state index is -0.907. The number of hydrogen-bond donors (Lipinski definition) is 3. The molecule has 0 unspecified atom stereocenters. The predicted molar refractivity (Wildman–Crippen MR) is 119 cm³/mol. The minimum Gasteiger partial charge on any atom is -0.469 e. The molecule has 0 aliphatic rings. The van der Waals surface area contributed by atoms with Gasteiger partial charge >= 0.3 is 17.9 Å². The lowest BCUT2D eigenvalue weighted by molar-refractivity contribution is -0.145. The van der Waals surface area contributed by atoms with Crippen molar-refractivity contribution < 1.29 is 33.4 Å². The second-order valence-electron chi connectivity index (χ2n) is 6.80. The fourth-order valence-corrected chi connectivity index (χ4v) is 3.02. The second kappa shape index (κ2) is 14.0. The largest absolute Gasteiger partial charge is 0.469 e. The number of ether oxygens (including phenoxy) is 3. The van der Waals surface area contributed by atoms with Gasteiger partial charge in [0.25, 0.3) is 0 Å².